The molecule has 0 aromatic heterocycles. The van der Waals surface area contributed by atoms with Crippen molar-refractivity contribution in [3.05, 3.63) is 30.3 Å². The number of piperazine rings is 1. The van der Waals surface area contributed by atoms with Gasteiger partial charge in [-0.1, -0.05) is 25.1 Å². The SMILES string of the molecule is CN=C(NCCC(=O)N1CCCC(C)C1)N1CCN(c2ccccc2)CC1.I. The molecule has 1 unspecified atom stereocenters. The topological polar surface area (TPSA) is 51.2 Å². The summed E-state index contributed by atoms with van der Waals surface area (Å²) >= 11 is 0. The highest BCUT2D eigenvalue weighted by molar-refractivity contribution is 14.0. The maximum atomic E-state index is 12.4. The Kier molecular flexibility index (Phi) is 9.34. The summed E-state index contributed by atoms with van der Waals surface area (Å²) in [5.41, 5.74) is 1.28. The lowest BCUT2D eigenvalue weighted by atomic mass is 10.00. The molecule has 1 aromatic rings. The summed E-state index contributed by atoms with van der Waals surface area (Å²) in [6.45, 7) is 8.54. The summed E-state index contributed by atoms with van der Waals surface area (Å²) < 4.78 is 0. The van der Waals surface area contributed by atoms with Crippen LogP contribution in [0.4, 0.5) is 5.69 Å². The van der Waals surface area contributed by atoms with Gasteiger partial charge in [-0.2, -0.15) is 0 Å². The molecule has 2 aliphatic heterocycles. The lowest BCUT2D eigenvalue weighted by molar-refractivity contribution is -0.132. The number of anilines is 1. The van der Waals surface area contributed by atoms with E-state index in [1.165, 1.54) is 12.1 Å². The number of halogens is 1. The number of piperidine rings is 1. The van der Waals surface area contributed by atoms with Crippen molar-refractivity contribution >= 4 is 41.5 Å². The number of nitrogens with zero attached hydrogens (tertiary/aromatic N) is 4. The summed E-state index contributed by atoms with van der Waals surface area (Å²) in [4.78, 5) is 23.6. The molecule has 7 heteroatoms. The Morgan fingerprint density at radius 1 is 1.11 bits per heavy atom. The first kappa shape index (κ1) is 22.8. The van der Waals surface area contributed by atoms with Gasteiger partial charge in [-0.15, -0.1) is 24.0 Å². The van der Waals surface area contributed by atoms with Gasteiger partial charge >= 0.3 is 0 Å². The van der Waals surface area contributed by atoms with E-state index < -0.39 is 0 Å². The van der Waals surface area contributed by atoms with Crippen molar-refractivity contribution in [2.45, 2.75) is 26.2 Å². The number of hydrogen-bond donors (Lipinski definition) is 1. The van der Waals surface area contributed by atoms with Crippen LogP contribution in [-0.2, 0) is 4.79 Å². The van der Waals surface area contributed by atoms with Gasteiger partial charge in [0.15, 0.2) is 5.96 Å². The van der Waals surface area contributed by atoms with Gasteiger partial charge in [0.25, 0.3) is 0 Å². The van der Waals surface area contributed by atoms with Gasteiger partial charge in [0, 0.05) is 65.0 Å². The van der Waals surface area contributed by atoms with Crippen LogP contribution in [0.15, 0.2) is 35.3 Å². The molecule has 1 N–H and O–H groups in total. The highest BCUT2D eigenvalue weighted by Gasteiger charge is 2.22. The molecule has 0 aliphatic carbocycles. The molecule has 6 nitrogen and oxygen atoms in total. The smallest absolute Gasteiger partial charge is 0.224 e. The third-order valence-corrected chi connectivity index (χ3v) is 5.54. The standard InChI is InChI=1S/C21H33N5O.HI/c1-18-7-6-12-26(17-18)20(27)10-11-23-21(22-2)25-15-13-24(14-16-25)19-8-4-3-5-9-19;/h3-5,8-9,18H,6-7,10-17H2,1-2H3,(H,22,23);1H. The summed E-state index contributed by atoms with van der Waals surface area (Å²) in [7, 11) is 1.82. The van der Waals surface area contributed by atoms with Crippen LogP contribution in [-0.4, -0.2) is 74.5 Å². The summed E-state index contributed by atoms with van der Waals surface area (Å²) in [6, 6.07) is 10.5. The lowest BCUT2D eigenvalue weighted by Crippen LogP contribution is -2.53. The first-order chi connectivity index (χ1) is 13.2. The monoisotopic (exact) mass is 499 g/mol. The van der Waals surface area contributed by atoms with E-state index in [0.29, 0.717) is 18.9 Å². The number of guanidine groups is 1. The van der Waals surface area contributed by atoms with Crippen LogP contribution in [0.3, 0.4) is 0 Å². The Morgan fingerprint density at radius 2 is 1.82 bits per heavy atom. The van der Waals surface area contributed by atoms with E-state index in [1.807, 2.05) is 11.9 Å². The molecule has 0 radical (unpaired) electrons. The van der Waals surface area contributed by atoms with Crippen molar-refractivity contribution in [2.75, 3.05) is 57.8 Å². The molecule has 28 heavy (non-hydrogen) atoms. The number of para-hydroxylation sites is 1. The Labute approximate surface area is 186 Å². The molecule has 0 saturated carbocycles. The maximum absolute atomic E-state index is 12.4. The molecular weight excluding hydrogens is 465 g/mol. The number of likely N-dealkylation sites (tertiary alicyclic amines) is 1. The second-order valence-electron chi connectivity index (χ2n) is 7.62. The van der Waals surface area contributed by atoms with Crippen molar-refractivity contribution in [3.63, 3.8) is 0 Å². The summed E-state index contributed by atoms with van der Waals surface area (Å²) in [5, 5.41) is 3.38. The van der Waals surface area contributed by atoms with Gasteiger partial charge in [-0.25, -0.2) is 0 Å². The molecule has 2 heterocycles. The Bertz CT molecular complexity index is 631. The third kappa shape index (κ3) is 6.25. The summed E-state index contributed by atoms with van der Waals surface area (Å²) in [6.07, 6.45) is 2.91. The maximum Gasteiger partial charge on any atom is 0.224 e. The molecule has 1 amide bonds. The average molecular weight is 499 g/mol. The lowest BCUT2D eigenvalue weighted by Gasteiger charge is -2.37. The number of hydrogen-bond acceptors (Lipinski definition) is 3. The van der Waals surface area contributed by atoms with Crippen molar-refractivity contribution in [1.29, 1.82) is 0 Å². The first-order valence-electron chi connectivity index (χ1n) is 10.2. The fourth-order valence-corrected chi connectivity index (χ4v) is 4.00. The fraction of sp³-hybridized carbons (Fsp3) is 0.619. The summed E-state index contributed by atoms with van der Waals surface area (Å²) in [5.74, 6) is 1.80. The van der Waals surface area contributed by atoms with Crippen LogP contribution in [0.1, 0.15) is 26.2 Å². The highest BCUT2D eigenvalue weighted by atomic mass is 127. The van der Waals surface area contributed by atoms with Crippen LogP contribution in [0.2, 0.25) is 0 Å². The molecule has 0 spiro atoms. The zero-order valence-electron chi connectivity index (χ0n) is 17.1. The van der Waals surface area contributed by atoms with Gasteiger partial charge in [0.2, 0.25) is 5.91 Å². The van der Waals surface area contributed by atoms with Gasteiger partial charge in [-0.3, -0.25) is 9.79 Å². The van der Waals surface area contributed by atoms with Gasteiger partial charge in [-0.05, 0) is 30.9 Å². The predicted molar refractivity (Wildman–Crippen MR) is 127 cm³/mol. The average Bonchev–Trinajstić information content (AvgIpc) is 2.72. The van der Waals surface area contributed by atoms with Crippen molar-refractivity contribution in [3.8, 4) is 0 Å². The minimum atomic E-state index is 0. The first-order valence-corrected chi connectivity index (χ1v) is 10.2. The second kappa shape index (κ2) is 11.5. The zero-order chi connectivity index (χ0) is 19.1. The number of nitrogens with one attached hydrogen (secondary N) is 1. The minimum absolute atomic E-state index is 0. The van der Waals surface area contributed by atoms with Gasteiger partial charge < -0.3 is 20.0 Å². The molecule has 1 aromatic carbocycles. The fourth-order valence-electron chi connectivity index (χ4n) is 4.00. The van der Waals surface area contributed by atoms with E-state index >= 15 is 0 Å². The van der Waals surface area contributed by atoms with Crippen LogP contribution >= 0.6 is 24.0 Å². The Hall–Kier alpha value is -1.51. The molecule has 2 fully saturated rings. The number of carbonyl (C=O) groups excluding carboxylic acids is 1. The van der Waals surface area contributed by atoms with E-state index in [1.54, 1.807) is 0 Å². The highest BCUT2D eigenvalue weighted by Crippen LogP contribution is 2.17. The van der Waals surface area contributed by atoms with Crippen LogP contribution in [0, 0.1) is 5.92 Å². The van der Waals surface area contributed by atoms with E-state index in [2.05, 4.69) is 57.4 Å². The van der Waals surface area contributed by atoms with E-state index in [9.17, 15) is 4.79 Å². The van der Waals surface area contributed by atoms with Crippen molar-refractivity contribution < 1.29 is 4.79 Å². The zero-order valence-corrected chi connectivity index (χ0v) is 19.5. The van der Waals surface area contributed by atoms with Crippen molar-refractivity contribution in [1.82, 2.24) is 15.1 Å². The number of aliphatic imine (C=N–C) groups is 1. The predicted octanol–water partition coefficient (Wildman–Crippen LogP) is 2.65. The quantitative estimate of drug-likeness (QED) is 0.393. The second-order valence-corrected chi connectivity index (χ2v) is 7.62. The van der Waals surface area contributed by atoms with Crippen molar-refractivity contribution in [2.24, 2.45) is 10.9 Å². The molecule has 2 aliphatic rings. The van der Waals surface area contributed by atoms with Crippen LogP contribution in [0.25, 0.3) is 0 Å². The third-order valence-electron chi connectivity index (χ3n) is 5.54. The minimum Gasteiger partial charge on any atom is -0.368 e. The molecule has 156 valence electrons. The number of rotatable bonds is 4. The van der Waals surface area contributed by atoms with E-state index in [-0.39, 0.29) is 29.9 Å². The molecule has 3 rings (SSSR count). The number of carbonyl (C=O) groups is 1. The van der Waals surface area contributed by atoms with E-state index in [0.717, 1.165) is 51.6 Å². The molecular formula is C21H34IN5O. The molecule has 1 atom stereocenters. The van der Waals surface area contributed by atoms with Crippen LogP contribution < -0.4 is 10.2 Å². The largest absolute Gasteiger partial charge is 0.368 e. The van der Waals surface area contributed by atoms with Crippen LogP contribution in [0.5, 0.6) is 0 Å². The van der Waals surface area contributed by atoms with Gasteiger partial charge in [0.1, 0.15) is 0 Å². The Balaban J connectivity index is 0.00000280. The molecule has 0 bridgehead atoms. The van der Waals surface area contributed by atoms with Gasteiger partial charge in [0.05, 0.1) is 0 Å². The normalized spacial score (nSPS) is 20.6. The molecule has 2 saturated heterocycles. The number of benzene rings is 1. The number of amides is 1. The van der Waals surface area contributed by atoms with E-state index in [4.69, 9.17) is 0 Å². The Morgan fingerprint density at radius 3 is 2.46 bits per heavy atom.